The molecule has 0 saturated carbocycles. The quantitative estimate of drug-likeness (QED) is 0.681. The van der Waals surface area contributed by atoms with Crippen LogP contribution >= 0.6 is 0 Å². The largest absolute Gasteiger partial charge is 0.497 e. The van der Waals surface area contributed by atoms with Crippen molar-refractivity contribution in [2.45, 2.75) is 43.9 Å². The van der Waals surface area contributed by atoms with Crippen molar-refractivity contribution >= 4 is 5.91 Å². The summed E-state index contributed by atoms with van der Waals surface area (Å²) in [6.45, 7) is 1.83. The average molecular weight is 413 g/mol. The highest BCUT2D eigenvalue weighted by atomic mass is 19.1. The molecule has 160 valence electrons. The highest BCUT2D eigenvalue weighted by molar-refractivity contribution is 5.78. The second kappa shape index (κ2) is 9.55. The summed E-state index contributed by atoms with van der Waals surface area (Å²) in [5, 5.41) is 3.07. The lowest BCUT2D eigenvalue weighted by molar-refractivity contribution is -0.121. The zero-order valence-corrected chi connectivity index (χ0v) is 17.2. The van der Waals surface area contributed by atoms with E-state index in [0.29, 0.717) is 5.56 Å². The molecular weight excluding hydrogens is 383 g/mol. The number of likely N-dealkylation sites (tertiary alicyclic amines) is 1. The van der Waals surface area contributed by atoms with Crippen molar-refractivity contribution in [3.05, 3.63) is 65.5 Å². The van der Waals surface area contributed by atoms with Crippen molar-refractivity contribution in [2.75, 3.05) is 20.2 Å². The van der Waals surface area contributed by atoms with Crippen LogP contribution in [0.25, 0.3) is 0 Å². The summed E-state index contributed by atoms with van der Waals surface area (Å²) in [6, 6.07) is 15.0. The Morgan fingerprint density at radius 1 is 1.13 bits per heavy atom. The molecule has 2 aliphatic heterocycles. The molecule has 2 aromatic rings. The zero-order chi connectivity index (χ0) is 20.9. The maximum Gasteiger partial charge on any atom is 0.224 e. The minimum atomic E-state index is -0.325. The van der Waals surface area contributed by atoms with Gasteiger partial charge in [0.1, 0.15) is 11.6 Å². The van der Waals surface area contributed by atoms with Crippen molar-refractivity contribution in [2.24, 2.45) is 0 Å². The summed E-state index contributed by atoms with van der Waals surface area (Å²) in [5.41, 5.74) is 8.49. The summed E-state index contributed by atoms with van der Waals surface area (Å²) in [4.78, 5) is 14.7. The van der Waals surface area contributed by atoms with Gasteiger partial charge in [-0.25, -0.2) is 15.2 Å². The number of nitrogens with one attached hydrogen (secondary N) is 3. The number of nitrogens with zero attached hydrogens (tertiary/aromatic N) is 1. The number of ether oxygens (including phenoxy) is 1. The fourth-order valence-corrected chi connectivity index (χ4v) is 4.28. The number of hydrogen-bond donors (Lipinski definition) is 3. The Morgan fingerprint density at radius 3 is 2.57 bits per heavy atom. The van der Waals surface area contributed by atoms with Crippen LogP contribution in [-0.2, 0) is 11.2 Å². The first-order chi connectivity index (χ1) is 14.6. The SMILES string of the molecule is COc1ccc(C2CC(N3CCC(NC(=O)Cc4ccccc4F)CC3)NN2)cc1. The molecule has 2 atom stereocenters. The number of rotatable bonds is 6. The van der Waals surface area contributed by atoms with E-state index in [4.69, 9.17) is 4.74 Å². The predicted molar refractivity (Wildman–Crippen MR) is 113 cm³/mol. The van der Waals surface area contributed by atoms with E-state index in [2.05, 4.69) is 33.2 Å². The van der Waals surface area contributed by atoms with Gasteiger partial charge in [0.25, 0.3) is 0 Å². The summed E-state index contributed by atoms with van der Waals surface area (Å²) in [5.74, 6) is 0.424. The zero-order valence-electron chi connectivity index (χ0n) is 17.2. The third kappa shape index (κ3) is 4.98. The molecule has 0 bridgehead atoms. The molecule has 2 unspecified atom stereocenters. The third-order valence-electron chi connectivity index (χ3n) is 6.05. The Bertz CT molecular complexity index is 853. The van der Waals surface area contributed by atoms with Crippen LogP contribution in [0.2, 0.25) is 0 Å². The molecule has 0 radical (unpaired) electrons. The lowest BCUT2D eigenvalue weighted by Gasteiger charge is -2.35. The van der Waals surface area contributed by atoms with Crippen LogP contribution in [0, 0.1) is 5.82 Å². The Hall–Kier alpha value is -2.48. The van der Waals surface area contributed by atoms with Gasteiger partial charge < -0.3 is 10.1 Å². The number of amides is 1. The summed E-state index contributed by atoms with van der Waals surface area (Å²) >= 11 is 0. The normalized spacial score (nSPS) is 22.7. The average Bonchev–Trinajstić information content (AvgIpc) is 3.26. The van der Waals surface area contributed by atoms with Crippen LogP contribution < -0.4 is 20.9 Å². The highest BCUT2D eigenvalue weighted by Crippen LogP contribution is 2.27. The molecule has 2 heterocycles. The molecule has 30 heavy (non-hydrogen) atoms. The van der Waals surface area contributed by atoms with Gasteiger partial charge in [0.15, 0.2) is 0 Å². The monoisotopic (exact) mass is 412 g/mol. The molecule has 0 aliphatic carbocycles. The van der Waals surface area contributed by atoms with Gasteiger partial charge in [-0.1, -0.05) is 30.3 Å². The number of carbonyl (C=O) groups excluding carboxylic acids is 1. The number of hydrazine groups is 1. The number of hydrogen-bond acceptors (Lipinski definition) is 5. The molecular formula is C23H29FN4O2. The van der Waals surface area contributed by atoms with Gasteiger partial charge >= 0.3 is 0 Å². The lowest BCUT2D eigenvalue weighted by Crippen LogP contribution is -2.51. The summed E-state index contributed by atoms with van der Waals surface area (Å²) < 4.78 is 19.0. The van der Waals surface area contributed by atoms with E-state index in [-0.39, 0.29) is 36.4 Å². The summed E-state index contributed by atoms with van der Waals surface area (Å²) in [6.07, 6.45) is 3.14. The Kier molecular flexibility index (Phi) is 6.62. The minimum Gasteiger partial charge on any atom is -0.497 e. The van der Waals surface area contributed by atoms with Crippen LogP contribution in [0.5, 0.6) is 5.75 Å². The Morgan fingerprint density at radius 2 is 1.87 bits per heavy atom. The van der Waals surface area contributed by atoms with Gasteiger partial charge in [-0.3, -0.25) is 9.69 Å². The minimum absolute atomic E-state index is 0.0878. The fraction of sp³-hybridized carbons (Fsp3) is 0.435. The fourth-order valence-electron chi connectivity index (χ4n) is 4.28. The Labute approximate surface area is 176 Å². The van der Waals surface area contributed by atoms with Gasteiger partial charge in [0, 0.05) is 25.2 Å². The number of piperidine rings is 1. The number of methoxy groups -OCH3 is 1. The van der Waals surface area contributed by atoms with Crippen LogP contribution in [0.15, 0.2) is 48.5 Å². The van der Waals surface area contributed by atoms with Crippen molar-refractivity contribution in [3.63, 3.8) is 0 Å². The molecule has 4 rings (SSSR count). The van der Waals surface area contributed by atoms with E-state index in [1.807, 2.05) is 12.1 Å². The van der Waals surface area contributed by atoms with Gasteiger partial charge in [-0.05, 0) is 48.6 Å². The van der Waals surface area contributed by atoms with Crippen molar-refractivity contribution in [3.8, 4) is 5.75 Å². The smallest absolute Gasteiger partial charge is 0.224 e. The van der Waals surface area contributed by atoms with Crippen molar-refractivity contribution in [1.29, 1.82) is 0 Å². The highest BCUT2D eigenvalue weighted by Gasteiger charge is 2.32. The molecule has 0 spiro atoms. The molecule has 2 aromatic carbocycles. The van der Waals surface area contributed by atoms with Gasteiger partial charge in [0.2, 0.25) is 5.91 Å². The first kappa shape index (κ1) is 20.8. The maximum absolute atomic E-state index is 13.7. The van der Waals surface area contributed by atoms with E-state index in [1.54, 1.807) is 25.3 Å². The molecule has 1 amide bonds. The summed E-state index contributed by atoms with van der Waals surface area (Å²) in [7, 11) is 1.67. The van der Waals surface area contributed by atoms with Crippen molar-refractivity contribution < 1.29 is 13.9 Å². The van der Waals surface area contributed by atoms with E-state index in [9.17, 15) is 9.18 Å². The van der Waals surface area contributed by atoms with E-state index in [1.165, 1.54) is 11.6 Å². The van der Waals surface area contributed by atoms with Gasteiger partial charge in [-0.15, -0.1) is 0 Å². The standard InChI is InChI=1S/C23H29FN4O2/c1-30-19-8-6-16(7-9-19)21-15-22(27-26-21)28-12-10-18(11-13-28)25-23(29)14-17-4-2-3-5-20(17)24/h2-9,18,21-22,26-27H,10-15H2,1H3,(H,25,29). The molecule has 2 aliphatic rings. The number of halogens is 1. The maximum atomic E-state index is 13.7. The van der Waals surface area contributed by atoms with Gasteiger partial charge in [0.05, 0.1) is 19.7 Å². The number of benzene rings is 2. The second-order valence-electron chi connectivity index (χ2n) is 8.01. The van der Waals surface area contributed by atoms with E-state index < -0.39 is 0 Å². The molecule has 6 nitrogen and oxygen atoms in total. The van der Waals surface area contributed by atoms with Crippen LogP contribution in [0.3, 0.4) is 0 Å². The lowest BCUT2D eigenvalue weighted by atomic mass is 10.0. The Balaban J connectivity index is 1.22. The second-order valence-corrected chi connectivity index (χ2v) is 8.01. The van der Waals surface area contributed by atoms with Crippen LogP contribution in [-0.4, -0.2) is 43.2 Å². The van der Waals surface area contributed by atoms with E-state index in [0.717, 1.165) is 38.1 Å². The van der Waals surface area contributed by atoms with Crippen LogP contribution in [0.1, 0.15) is 36.4 Å². The molecule has 3 N–H and O–H groups in total. The first-order valence-electron chi connectivity index (χ1n) is 10.5. The van der Waals surface area contributed by atoms with Gasteiger partial charge in [-0.2, -0.15) is 0 Å². The molecule has 0 aromatic heterocycles. The van der Waals surface area contributed by atoms with Crippen molar-refractivity contribution in [1.82, 2.24) is 21.1 Å². The first-order valence-corrected chi connectivity index (χ1v) is 10.5. The predicted octanol–water partition coefficient (Wildman–Crippen LogP) is 2.52. The van der Waals surface area contributed by atoms with E-state index >= 15 is 0 Å². The molecule has 2 saturated heterocycles. The molecule has 2 fully saturated rings. The third-order valence-corrected chi connectivity index (χ3v) is 6.05. The molecule has 7 heteroatoms. The van der Waals surface area contributed by atoms with Crippen LogP contribution in [0.4, 0.5) is 4.39 Å². The number of carbonyl (C=O) groups is 1. The topological polar surface area (TPSA) is 65.6 Å².